The Bertz CT molecular complexity index is 680. The van der Waals surface area contributed by atoms with E-state index in [1.165, 1.54) is 5.56 Å². The molecule has 28 heavy (non-hydrogen) atoms. The molecule has 1 aromatic rings. The average Bonchev–Trinajstić information content (AvgIpc) is 2.99. The predicted octanol–water partition coefficient (Wildman–Crippen LogP) is 2.46. The first-order valence-electron chi connectivity index (χ1n) is 9.62. The van der Waals surface area contributed by atoms with Crippen molar-refractivity contribution >= 4 is 35.8 Å². The maximum absolute atomic E-state index is 11.6. The zero-order chi connectivity index (χ0) is 19.8. The zero-order valence-electron chi connectivity index (χ0n) is 17.4. The van der Waals surface area contributed by atoms with Crippen LogP contribution in [0, 0.1) is 5.92 Å². The van der Waals surface area contributed by atoms with Gasteiger partial charge in [0.05, 0.1) is 6.61 Å². The van der Waals surface area contributed by atoms with Crippen LogP contribution in [0.5, 0.6) is 11.5 Å². The van der Waals surface area contributed by atoms with Crippen molar-refractivity contribution in [2.45, 2.75) is 46.8 Å². The van der Waals surface area contributed by atoms with Crippen molar-refractivity contribution < 1.29 is 14.3 Å². The van der Waals surface area contributed by atoms with E-state index in [1.807, 2.05) is 26.8 Å². The van der Waals surface area contributed by atoms with E-state index in [9.17, 15) is 4.79 Å². The first-order chi connectivity index (χ1) is 12.9. The van der Waals surface area contributed by atoms with Gasteiger partial charge < -0.3 is 25.4 Å². The van der Waals surface area contributed by atoms with Crippen LogP contribution in [0.15, 0.2) is 17.1 Å². The molecule has 0 spiro atoms. The van der Waals surface area contributed by atoms with Crippen LogP contribution in [0.25, 0.3) is 0 Å². The van der Waals surface area contributed by atoms with Crippen molar-refractivity contribution in [2.24, 2.45) is 10.9 Å². The van der Waals surface area contributed by atoms with Crippen LogP contribution in [-0.2, 0) is 17.8 Å². The molecule has 1 aliphatic heterocycles. The summed E-state index contributed by atoms with van der Waals surface area (Å²) in [6.07, 6.45) is 1.11. The summed E-state index contributed by atoms with van der Waals surface area (Å²) in [6.45, 7) is 10.1. The Morgan fingerprint density at radius 3 is 2.64 bits per heavy atom. The number of ether oxygens (including phenoxy) is 2. The molecule has 0 aliphatic carbocycles. The number of nitrogens with zero attached hydrogens (tertiary/aromatic N) is 1. The number of carbonyl (C=O) groups excluding carboxylic acids is 1. The van der Waals surface area contributed by atoms with Crippen LogP contribution in [0.4, 0.5) is 0 Å². The molecule has 0 fully saturated rings. The Balaban J connectivity index is 0.00000392. The van der Waals surface area contributed by atoms with E-state index in [0.29, 0.717) is 32.2 Å². The Hall–Kier alpha value is -1.71. The van der Waals surface area contributed by atoms with E-state index in [1.54, 1.807) is 7.05 Å². The van der Waals surface area contributed by atoms with E-state index >= 15 is 0 Å². The Morgan fingerprint density at radius 2 is 2.00 bits per heavy atom. The third kappa shape index (κ3) is 7.03. The molecule has 3 N–H and O–H groups in total. The first-order valence-corrected chi connectivity index (χ1v) is 9.62. The number of amides is 1. The second-order valence-electron chi connectivity index (χ2n) is 6.93. The van der Waals surface area contributed by atoms with Crippen molar-refractivity contribution in [1.82, 2.24) is 16.0 Å². The molecule has 0 saturated carbocycles. The number of nitrogens with one attached hydrogen (secondary N) is 3. The van der Waals surface area contributed by atoms with Gasteiger partial charge in [0.2, 0.25) is 5.91 Å². The molecule has 1 atom stereocenters. The molecule has 0 aromatic heterocycles. The molecular formula is C20H33IN4O3. The number of guanidine groups is 1. The van der Waals surface area contributed by atoms with Gasteiger partial charge >= 0.3 is 0 Å². The van der Waals surface area contributed by atoms with E-state index in [4.69, 9.17) is 9.47 Å². The van der Waals surface area contributed by atoms with Crippen molar-refractivity contribution in [3.63, 3.8) is 0 Å². The number of aliphatic imine (C=N–C) groups is 1. The van der Waals surface area contributed by atoms with Gasteiger partial charge in [-0.1, -0.05) is 13.8 Å². The highest BCUT2D eigenvalue weighted by Crippen LogP contribution is 2.35. The van der Waals surface area contributed by atoms with Crippen molar-refractivity contribution in [1.29, 1.82) is 0 Å². The van der Waals surface area contributed by atoms with Gasteiger partial charge in [-0.05, 0) is 26.0 Å². The monoisotopic (exact) mass is 504 g/mol. The molecular weight excluding hydrogens is 471 g/mol. The molecule has 7 nitrogen and oxygen atoms in total. The first kappa shape index (κ1) is 24.3. The number of benzene rings is 1. The Labute approximate surface area is 185 Å². The highest BCUT2D eigenvalue weighted by molar-refractivity contribution is 14.0. The SMILES string of the molecule is CCOc1cc2c(cc1CNC(=NC)NCCNC(=O)C(C)C)OC(C)C2.I. The molecule has 0 radical (unpaired) electrons. The normalized spacial score (nSPS) is 15.4. The van der Waals surface area contributed by atoms with Crippen LogP contribution in [0.2, 0.25) is 0 Å². The molecule has 158 valence electrons. The molecule has 1 unspecified atom stereocenters. The Kier molecular flexibility index (Phi) is 10.4. The van der Waals surface area contributed by atoms with Gasteiger partial charge in [0.25, 0.3) is 0 Å². The van der Waals surface area contributed by atoms with Gasteiger partial charge in [0.1, 0.15) is 17.6 Å². The number of fused-ring (bicyclic) bond motifs is 1. The van der Waals surface area contributed by atoms with Crippen LogP contribution in [0.3, 0.4) is 0 Å². The number of halogens is 1. The maximum atomic E-state index is 11.6. The highest BCUT2D eigenvalue weighted by Gasteiger charge is 2.21. The molecule has 1 amide bonds. The third-order valence-corrected chi connectivity index (χ3v) is 4.29. The minimum Gasteiger partial charge on any atom is -0.494 e. The fourth-order valence-corrected chi connectivity index (χ4v) is 2.88. The van der Waals surface area contributed by atoms with E-state index in [-0.39, 0.29) is 41.9 Å². The highest BCUT2D eigenvalue weighted by atomic mass is 127. The van der Waals surface area contributed by atoms with Crippen molar-refractivity contribution in [2.75, 3.05) is 26.7 Å². The minimum atomic E-state index is -0.0100. The average molecular weight is 504 g/mol. The lowest BCUT2D eigenvalue weighted by Gasteiger charge is -2.16. The molecule has 2 rings (SSSR count). The molecule has 1 aliphatic rings. The molecule has 1 aromatic carbocycles. The van der Waals surface area contributed by atoms with Crippen LogP contribution >= 0.6 is 24.0 Å². The standard InChI is InChI=1S/C20H32N4O3.HI/c1-6-26-17-10-15-9-14(4)27-18(15)11-16(17)12-24-20(21-5)23-8-7-22-19(25)13(2)3;/h10-11,13-14H,6-9,12H2,1-5H3,(H,22,25)(H2,21,23,24);1H. The van der Waals surface area contributed by atoms with Gasteiger partial charge in [-0.2, -0.15) is 0 Å². The fourth-order valence-electron chi connectivity index (χ4n) is 2.88. The lowest BCUT2D eigenvalue weighted by molar-refractivity contribution is -0.123. The topological polar surface area (TPSA) is 84.0 Å². The second-order valence-corrected chi connectivity index (χ2v) is 6.93. The maximum Gasteiger partial charge on any atom is 0.222 e. The van der Waals surface area contributed by atoms with E-state index in [0.717, 1.165) is 23.5 Å². The second kappa shape index (κ2) is 12.0. The van der Waals surface area contributed by atoms with Crippen LogP contribution < -0.4 is 25.4 Å². The van der Waals surface area contributed by atoms with E-state index in [2.05, 4.69) is 33.9 Å². The van der Waals surface area contributed by atoms with Crippen molar-refractivity contribution in [3.05, 3.63) is 23.3 Å². The fraction of sp³-hybridized carbons (Fsp3) is 0.600. The number of hydrogen-bond acceptors (Lipinski definition) is 4. The molecule has 8 heteroatoms. The third-order valence-electron chi connectivity index (χ3n) is 4.29. The van der Waals surface area contributed by atoms with Gasteiger partial charge in [-0.3, -0.25) is 9.79 Å². The largest absolute Gasteiger partial charge is 0.494 e. The summed E-state index contributed by atoms with van der Waals surface area (Å²) >= 11 is 0. The smallest absolute Gasteiger partial charge is 0.222 e. The summed E-state index contributed by atoms with van der Waals surface area (Å²) in [6, 6.07) is 4.13. The summed E-state index contributed by atoms with van der Waals surface area (Å²) < 4.78 is 11.7. The molecule has 0 saturated heterocycles. The number of carbonyl (C=O) groups is 1. The lowest BCUT2D eigenvalue weighted by atomic mass is 10.1. The quantitative estimate of drug-likeness (QED) is 0.219. The lowest BCUT2D eigenvalue weighted by Crippen LogP contribution is -2.41. The van der Waals surface area contributed by atoms with E-state index < -0.39 is 0 Å². The summed E-state index contributed by atoms with van der Waals surface area (Å²) in [5.41, 5.74) is 2.22. The summed E-state index contributed by atoms with van der Waals surface area (Å²) in [5, 5.41) is 9.36. The Morgan fingerprint density at radius 1 is 1.29 bits per heavy atom. The number of rotatable bonds is 8. The summed E-state index contributed by atoms with van der Waals surface area (Å²) in [5.74, 6) is 2.52. The van der Waals surface area contributed by atoms with Gasteiger partial charge in [0.15, 0.2) is 5.96 Å². The van der Waals surface area contributed by atoms with Crippen LogP contribution in [-0.4, -0.2) is 44.7 Å². The summed E-state index contributed by atoms with van der Waals surface area (Å²) in [7, 11) is 1.72. The van der Waals surface area contributed by atoms with Crippen LogP contribution in [0.1, 0.15) is 38.8 Å². The van der Waals surface area contributed by atoms with Gasteiger partial charge in [-0.25, -0.2) is 0 Å². The number of hydrogen-bond donors (Lipinski definition) is 3. The zero-order valence-corrected chi connectivity index (χ0v) is 19.8. The molecule has 0 bridgehead atoms. The molecule has 1 heterocycles. The summed E-state index contributed by atoms with van der Waals surface area (Å²) in [4.78, 5) is 15.8. The van der Waals surface area contributed by atoms with Gasteiger partial charge in [-0.15, -0.1) is 24.0 Å². The minimum absolute atomic E-state index is 0. The van der Waals surface area contributed by atoms with Gasteiger partial charge in [0, 0.05) is 50.1 Å². The van der Waals surface area contributed by atoms with Crippen molar-refractivity contribution in [3.8, 4) is 11.5 Å². The predicted molar refractivity (Wildman–Crippen MR) is 123 cm³/mol.